The minimum atomic E-state index is -4.42. The number of carbonyl (C=O) groups excluding carboxylic acids is 1. The molecule has 0 atom stereocenters. The lowest BCUT2D eigenvalue weighted by atomic mass is 10.3. The number of ether oxygens (including phenoxy) is 1. The van der Waals surface area contributed by atoms with Gasteiger partial charge in [0, 0.05) is 6.20 Å². The number of carbonyl (C=O) groups is 1. The molecule has 0 aliphatic rings. The first-order valence-electron chi connectivity index (χ1n) is 5.48. The first kappa shape index (κ1) is 13.5. The van der Waals surface area contributed by atoms with Gasteiger partial charge in [-0.1, -0.05) is 0 Å². The SMILES string of the molecule is CCOC(=O)c1cccn2c(S(=O)(=O)O)c(C)nc12. The molecule has 0 fully saturated rings. The first-order chi connectivity index (χ1) is 8.86. The van der Waals surface area contributed by atoms with Crippen LogP contribution in [0.2, 0.25) is 0 Å². The van der Waals surface area contributed by atoms with E-state index in [1.165, 1.54) is 25.3 Å². The van der Waals surface area contributed by atoms with Gasteiger partial charge in [-0.25, -0.2) is 9.78 Å². The predicted molar refractivity (Wildman–Crippen MR) is 65.7 cm³/mol. The Bertz CT molecular complexity index is 748. The summed E-state index contributed by atoms with van der Waals surface area (Å²) in [6.07, 6.45) is 1.40. The summed E-state index contributed by atoms with van der Waals surface area (Å²) in [4.78, 5) is 15.7. The summed E-state index contributed by atoms with van der Waals surface area (Å²) in [6.45, 7) is 3.30. The molecule has 0 aromatic carbocycles. The molecule has 0 spiro atoms. The van der Waals surface area contributed by atoms with Crippen molar-refractivity contribution in [2.75, 3.05) is 6.61 Å². The molecule has 2 aromatic heterocycles. The van der Waals surface area contributed by atoms with Crippen LogP contribution in [0, 0.1) is 6.92 Å². The topological polar surface area (TPSA) is 98.0 Å². The van der Waals surface area contributed by atoms with E-state index in [9.17, 15) is 17.8 Å². The van der Waals surface area contributed by atoms with Crippen molar-refractivity contribution in [2.24, 2.45) is 0 Å². The van der Waals surface area contributed by atoms with Crippen LogP contribution in [-0.4, -0.2) is 34.9 Å². The van der Waals surface area contributed by atoms with Gasteiger partial charge in [0.15, 0.2) is 10.7 Å². The average molecular weight is 284 g/mol. The van der Waals surface area contributed by atoms with Crippen molar-refractivity contribution in [1.29, 1.82) is 0 Å². The molecule has 19 heavy (non-hydrogen) atoms. The number of hydrogen-bond acceptors (Lipinski definition) is 5. The maximum atomic E-state index is 11.7. The van der Waals surface area contributed by atoms with Gasteiger partial charge in [0.2, 0.25) is 0 Å². The fourth-order valence-electron chi connectivity index (χ4n) is 1.84. The standard InChI is InChI=1S/C11H12N2O5S/c1-3-18-11(14)8-5-4-6-13-9(8)12-7(2)10(13)19(15,16)17/h4-6H,3H2,1-2H3,(H,15,16,17). The number of rotatable bonds is 3. The van der Waals surface area contributed by atoms with E-state index < -0.39 is 16.1 Å². The normalized spacial score (nSPS) is 11.7. The van der Waals surface area contributed by atoms with Crippen molar-refractivity contribution in [3.05, 3.63) is 29.6 Å². The molecular weight excluding hydrogens is 272 g/mol. The van der Waals surface area contributed by atoms with Gasteiger partial charge < -0.3 is 4.74 Å². The zero-order valence-electron chi connectivity index (χ0n) is 10.3. The number of nitrogens with zero attached hydrogens (tertiary/aromatic N) is 2. The van der Waals surface area contributed by atoms with Crippen LogP contribution in [0.5, 0.6) is 0 Å². The Hall–Kier alpha value is -1.93. The van der Waals surface area contributed by atoms with Gasteiger partial charge in [-0.05, 0) is 26.0 Å². The van der Waals surface area contributed by atoms with Crippen LogP contribution in [0.3, 0.4) is 0 Å². The van der Waals surface area contributed by atoms with E-state index in [0.29, 0.717) is 0 Å². The van der Waals surface area contributed by atoms with Crippen molar-refractivity contribution in [3.8, 4) is 0 Å². The molecule has 1 N–H and O–H groups in total. The first-order valence-corrected chi connectivity index (χ1v) is 6.92. The molecule has 0 unspecified atom stereocenters. The molecule has 0 amide bonds. The Morgan fingerprint density at radius 1 is 1.53 bits per heavy atom. The van der Waals surface area contributed by atoms with Gasteiger partial charge in [0.1, 0.15) is 5.56 Å². The molecule has 102 valence electrons. The van der Waals surface area contributed by atoms with Crippen LogP contribution in [0.1, 0.15) is 23.0 Å². The number of fused-ring (bicyclic) bond motifs is 1. The highest BCUT2D eigenvalue weighted by atomic mass is 32.2. The van der Waals surface area contributed by atoms with E-state index in [0.717, 1.165) is 4.40 Å². The molecule has 0 aliphatic carbocycles. The Labute approximate surface area is 109 Å². The molecule has 0 saturated carbocycles. The predicted octanol–water partition coefficient (Wildman–Crippen LogP) is 1.07. The Morgan fingerprint density at radius 2 is 2.21 bits per heavy atom. The van der Waals surface area contributed by atoms with Crippen LogP contribution < -0.4 is 0 Å². The summed E-state index contributed by atoms with van der Waals surface area (Å²) in [6, 6.07) is 2.96. The number of aryl methyl sites for hydroxylation is 1. The average Bonchev–Trinajstić information content (AvgIpc) is 2.64. The molecule has 2 rings (SSSR count). The molecule has 8 heteroatoms. The number of esters is 1. The fraction of sp³-hybridized carbons (Fsp3) is 0.273. The van der Waals surface area contributed by atoms with Crippen LogP contribution in [0.25, 0.3) is 5.65 Å². The zero-order valence-corrected chi connectivity index (χ0v) is 11.1. The van der Waals surface area contributed by atoms with E-state index >= 15 is 0 Å². The summed E-state index contributed by atoms with van der Waals surface area (Å²) in [7, 11) is -4.42. The smallest absolute Gasteiger partial charge is 0.341 e. The molecular formula is C11H12N2O5S. The third kappa shape index (κ3) is 2.32. The largest absolute Gasteiger partial charge is 0.462 e. The van der Waals surface area contributed by atoms with Gasteiger partial charge in [0.25, 0.3) is 0 Å². The second-order valence-corrected chi connectivity index (χ2v) is 5.15. The highest BCUT2D eigenvalue weighted by molar-refractivity contribution is 7.85. The summed E-state index contributed by atoms with van der Waals surface area (Å²) >= 11 is 0. The second kappa shape index (κ2) is 4.63. The van der Waals surface area contributed by atoms with E-state index in [1.807, 2.05) is 0 Å². The van der Waals surface area contributed by atoms with Crippen molar-refractivity contribution >= 4 is 21.7 Å². The maximum absolute atomic E-state index is 11.7. The lowest BCUT2D eigenvalue weighted by molar-refractivity contribution is 0.0528. The highest BCUT2D eigenvalue weighted by Gasteiger charge is 2.23. The summed E-state index contributed by atoms with van der Waals surface area (Å²) in [5, 5.41) is -0.353. The summed E-state index contributed by atoms with van der Waals surface area (Å²) in [5.41, 5.74) is 0.382. The number of hydrogen-bond donors (Lipinski definition) is 1. The molecule has 0 bridgehead atoms. The van der Waals surface area contributed by atoms with E-state index in [-0.39, 0.29) is 28.5 Å². The minimum Gasteiger partial charge on any atom is -0.462 e. The maximum Gasteiger partial charge on any atom is 0.341 e. The minimum absolute atomic E-state index is 0.110. The molecule has 2 aromatic rings. The van der Waals surface area contributed by atoms with E-state index in [1.54, 1.807) is 6.92 Å². The van der Waals surface area contributed by atoms with Crippen molar-refractivity contribution in [1.82, 2.24) is 9.38 Å². The molecule has 0 radical (unpaired) electrons. The fourth-order valence-corrected chi connectivity index (χ4v) is 2.65. The summed E-state index contributed by atoms with van der Waals surface area (Å²) in [5.74, 6) is -0.597. The Kier molecular flexibility index (Phi) is 3.29. The van der Waals surface area contributed by atoms with Gasteiger partial charge in [-0.3, -0.25) is 8.95 Å². The van der Waals surface area contributed by atoms with Crippen LogP contribution in [0.15, 0.2) is 23.4 Å². The molecule has 0 saturated heterocycles. The number of imidazole rings is 1. The quantitative estimate of drug-likeness (QED) is 0.668. The van der Waals surface area contributed by atoms with Gasteiger partial charge in [-0.15, -0.1) is 0 Å². The van der Waals surface area contributed by atoms with Crippen molar-refractivity contribution in [3.63, 3.8) is 0 Å². The van der Waals surface area contributed by atoms with Gasteiger partial charge in [0.05, 0.1) is 12.3 Å². The van der Waals surface area contributed by atoms with Gasteiger partial charge in [-0.2, -0.15) is 8.42 Å². The second-order valence-electron chi connectivity index (χ2n) is 3.81. The van der Waals surface area contributed by atoms with Crippen molar-refractivity contribution < 1.29 is 22.5 Å². The van der Waals surface area contributed by atoms with Crippen LogP contribution in [0.4, 0.5) is 0 Å². The summed E-state index contributed by atoms with van der Waals surface area (Å²) < 4.78 is 37.8. The van der Waals surface area contributed by atoms with E-state index in [2.05, 4.69) is 4.98 Å². The van der Waals surface area contributed by atoms with Crippen LogP contribution in [-0.2, 0) is 14.9 Å². The van der Waals surface area contributed by atoms with E-state index in [4.69, 9.17) is 4.74 Å². The van der Waals surface area contributed by atoms with Crippen LogP contribution >= 0.6 is 0 Å². The Balaban J connectivity index is 2.76. The third-order valence-corrected chi connectivity index (χ3v) is 3.49. The third-order valence-electron chi connectivity index (χ3n) is 2.51. The molecule has 2 heterocycles. The van der Waals surface area contributed by atoms with Crippen molar-refractivity contribution in [2.45, 2.75) is 18.9 Å². The lowest BCUT2D eigenvalue weighted by Crippen LogP contribution is -2.08. The lowest BCUT2D eigenvalue weighted by Gasteiger charge is -2.04. The Morgan fingerprint density at radius 3 is 2.79 bits per heavy atom. The number of aromatic nitrogens is 2. The zero-order chi connectivity index (χ0) is 14.2. The monoisotopic (exact) mass is 284 g/mol. The van der Waals surface area contributed by atoms with Gasteiger partial charge >= 0.3 is 16.1 Å². The molecule has 7 nitrogen and oxygen atoms in total. The highest BCUT2D eigenvalue weighted by Crippen LogP contribution is 2.20. The molecule has 0 aliphatic heterocycles. The number of pyridine rings is 1.